The van der Waals surface area contributed by atoms with Crippen LogP contribution >= 0.6 is 0 Å². The number of carbonyl (C=O) groups excluding carboxylic acids is 2. The molecule has 0 radical (unpaired) electrons. The fraction of sp³-hybridized carbons (Fsp3) is 0.600. The van der Waals surface area contributed by atoms with Crippen LogP contribution in [0.3, 0.4) is 0 Å². The summed E-state index contributed by atoms with van der Waals surface area (Å²) >= 11 is 0. The van der Waals surface area contributed by atoms with Crippen molar-refractivity contribution >= 4 is 11.9 Å². The van der Waals surface area contributed by atoms with E-state index in [9.17, 15) is 9.59 Å². The molecule has 0 aromatic rings. The number of esters is 2. The number of cyclic esters (lactones) is 2. The minimum absolute atomic E-state index is 0.260. The molecule has 2 unspecified atom stereocenters. The maximum Gasteiger partial charge on any atom is 0.332 e. The van der Waals surface area contributed by atoms with Crippen molar-refractivity contribution in [3.05, 3.63) is 12.2 Å². The molecular weight excluding hydrogens is 168 g/mol. The van der Waals surface area contributed by atoms with Gasteiger partial charge in [0.2, 0.25) is 0 Å². The van der Waals surface area contributed by atoms with Gasteiger partial charge in [-0.25, -0.2) is 0 Å². The van der Waals surface area contributed by atoms with Crippen molar-refractivity contribution in [2.24, 2.45) is 16.7 Å². The molecule has 0 aromatic carbocycles. The van der Waals surface area contributed by atoms with Crippen molar-refractivity contribution in [1.29, 1.82) is 0 Å². The minimum atomic E-state index is -0.799. The lowest BCUT2D eigenvalue weighted by Crippen LogP contribution is -2.59. The molecule has 0 aromatic heterocycles. The van der Waals surface area contributed by atoms with Crippen molar-refractivity contribution in [2.45, 2.75) is 19.8 Å². The molecule has 0 amide bonds. The third-order valence-electron chi connectivity index (χ3n) is 3.85. The lowest BCUT2D eigenvalue weighted by Gasteiger charge is -2.43. The monoisotopic (exact) mass is 178 g/mol. The number of ether oxygens (including phenoxy) is 1. The molecule has 3 rings (SSSR count). The zero-order valence-electron chi connectivity index (χ0n) is 7.37. The molecule has 2 fully saturated rings. The van der Waals surface area contributed by atoms with Crippen LogP contribution in [-0.4, -0.2) is 11.9 Å². The summed E-state index contributed by atoms with van der Waals surface area (Å²) in [4.78, 5) is 22.8. The third-order valence-corrected chi connectivity index (χ3v) is 3.85. The topological polar surface area (TPSA) is 43.4 Å². The lowest BCUT2D eigenvalue weighted by atomic mass is 9.63. The van der Waals surface area contributed by atoms with Gasteiger partial charge in [0.1, 0.15) is 0 Å². The Kier molecular flexibility index (Phi) is 0.963. The van der Waals surface area contributed by atoms with Crippen LogP contribution in [0.5, 0.6) is 0 Å². The van der Waals surface area contributed by atoms with E-state index in [1.165, 1.54) is 0 Å². The molecule has 3 aliphatic rings. The fourth-order valence-electron chi connectivity index (χ4n) is 3.04. The van der Waals surface area contributed by atoms with Crippen molar-refractivity contribution in [3.63, 3.8) is 0 Å². The molecule has 68 valence electrons. The van der Waals surface area contributed by atoms with Crippen LogP contribution < -0.4 is 0 Å². The number of rotatable bonds is 0. The summed E-state index contributed by atoms with van der Waals surface area (Å²) in [6.45, 7) is 1.98. The Morgan fingerprint density at radius 1 is 1.38 bits per heavy atom. The summed E-state index contributed by atoms with van der Waals surface area (Å²) in [5.41, 5.74) is -1.06. The molecular formula is C10H10O3. The molecule has 2 atom stereocenters. The first-order valence-electron chi connectivity index (χ1n) is 4.55. The summed E-state index contributed by atoms with van der Waals surface area (Å²) in [7, 11) is 0. The maximum atomic E-state index is 11.4. The normalized spacial score (nSPS) is 43.9. The van der Waals surface area contributed by atoms with Crippen LogP contribution in [0, 0.1) is 16.7 Å². The number of hydrogen-bond acceptors (Lipinski definition) is 3. The number of hydrogen-bond donors (Lipinski definition) is 0. The van der Waals surface area contributed by atoms with Crippen LogP contribution in [0.1, 0.15) is 19.8 Å². The Hall–Kier alpha value is -1.12. The Bertz CT molecular complexity index is 341. The van der Waals surface area contributed by atoms with E-state index in [2.05, 4.69) is 10.8 Å². The predicted molar refractivity (Wildman–Crippen MR) is 43.5 cm³/mol. The standard InChI is InChI=1S/C10H10O3/c1-9-3-2-6(4-9)5-10(9)7(11)13-8(10)12/h2-3,6H,4-5H2,1H3. The van der Waals surface area contributed by atoms with E-state index in [-0.39, 0.29) is 17.4 Å². The molecule has 2 bridgehead atoms. The van der Waals surface area contributed by atoms with Crippen LogP contribution in [0.25, 0.3) is 0 Å². The zero-order chi connectivity index (χ0) is 9.27. The van der Waals surface area contributed by atoms with Crippen molar-refractivity contribution in [3.8, 4) is 0 Å². The van der Waals surface area contributed by atoms with Gasteiger partial charge in [-0.1, -0.05) is 19.1 Å². The predicted octanol–water partition coefficient (Wildman–Crippen LogP) is 1.04. The van der Waals surface area contributed by atoms with Crippen molar-refractivity contribution in [1.82, 2.24) is 0 Å². The van der Waals surface area contributed by atoms with Gasteiger partial charge in [-0.15, -0.1) is 0 Å². The van der Waals surface area contributed by atoms with Crippen LogP contribution in [0.2, 0.25) is 0 Å². The SMILES string of the molecule is CC12C=CC(C1)CC21C(=O)OC1=O. The van der Waals surface area contributed by atoms with Gasteiger partial charge in [-0.3, -0.25) is 9.59 Å². The average Bonchev–Trinajstić information content (AvgIpc) is 2.58. The summed E-state index contributed by atoms with van der Waals surface area (Å²) in [6, 6.07) is 0. The molecule has 0 N–H and O–H groups in total. The van der Waals surface area contributed by atoms with Crippen LogP contribution in [0.4, 0.5) is 0 Å². The number of carbonyl (C=O) groups is 2. The van der Waals surface area contributed by atoms with E-state index in [4.69, 9.17) is 0 Å². The molecule has 1 saturated heterocycles. The van der Waals surface area contributed by atoms with E-state index in [1.807, 2.05) is 13.0 Å². The van der Waals surface area contributed by atoms with E-state index in [0.29, 0.717) is 12.3 Å². The smallest absolute Gasteiger partial charge is 0.332 e. The van der Waals surface area contributed by atoms with Gasteiger partial charge < -0.3 is 4.74 Å². The maximum absolute atomic E-state index is 11.4. The highest BCUT2D eigenvalue weighted by Crippen LogP contribution is 2.64. The third kappa shape index (κ3) is 0.539. The number of allylic oxidation sites excluding steroid dienone is 2. The largest absolute Gasteiger partial charge is 0.391 e. The fourth-order valence-corrected chi connectivity index (χ4v) is 3.04. The van der Waals surface area contributed by atoms with Gasteiger partial charge in [0.15, 0.2) is 5.41 Å². The summed E-state index contributed by atoms with van der Waals surface area (Å²) < 4.78 is 4.48. The average molecular weight is 178 g/mol. The lowest BCUT2D eigenvalue weighted by molar-refractivity contribution is -0.204. The van der Waals surface area contributed by atoms with E-state index < -0.39 is 5.41 Å². The number of fused-ring (bicyclic) bond motifs is 3. The molecule has 1 heterocycles. The summed E-state index contributed by atoms with van der Waals surface area (Å²) in [5, 5.41) is 0. The Morgan fingerprint density at radius 3 is 2.38 bits per heavy atom. The first-order valence-corrected chi connectivity index (χ1v) is 4.55. The highest BCUT2D eigenvalue weighted by molar-refractivity contribution is 6.15. The second-order valence-electron chi connectivity index (χ2n) is 4.53. The first kappa shape index (κ1) is 7.30. The second-order valence-corrected chi connectivity index (χ2v) is 4.53. The molecule has 2 aliphatic carbocycles. The molecule has 3 nitrogen and oxygen atoms in total. The minimum Gasteiger partial charge on any atom is -0.391 e. The highest BCUT2D eigenvalue weighted by Gasteiger charge is 2.73. The Balaban J connectivity index is 2.15. The quantitative estimate of drug-likeness (QED) is 0.316. The van der Waals surface area contributed by atoms with E-state index in [1.54, 1.807) is 0 Å². The van der Waals surface area contributed by atoms with Gasteiger partial charge in [-0.05, 0) is 18.8 Å². The molecule has 13 heavy (non-hydrogen) atoms. The molecule has 1 aliphatic heterocycles. The molecule has 1 saturated carbocycles. The van der Waals surface area contributed by atoms with Gasteiger partial charge in [0, 0.05) is 5.41 Å². The van der Waals surface area contributed by atoms with Crippen molar-refractivity contribution < 1.29 is 14.3 Å². The van der Waals surface area contributed by atoms with Gasteiger partial charge in [0.05, 0.1) is 0 Å². The van der Waals surface area contributed by atoms with E-state index in [0.717, 1.165) is 6.42 Å². The summed E-state index contributed by atoms with van der Waals surface area (Å²) in [6.07, 6.45) is 5.72. The van der Waals surface area contributed by atoms with Gasteiger partial charge >= 0.3 is 11.9 Å². The molecule has 3 heteroatoms. The molecule has 1 spiro atoms. The zero-order valence-corrected chi connectivity index (χ0v) is 7.37. The van der Waals surface area contributed by atoms with Crippen LogP contribution in [0.15, 0.2) is 12.2 Å². The van der Waals surface area contributed by atoms with Crippen LogP contribution in [-0.2, 0) is 14.3 Å². The van der Waals surface area contributed by atoms with Gasteiger partial charge in [-0.2, -0.15) is 0 Å². The second kappa shape index (κ2) is 1.72. The van der Waals surface area contributed by atoms with Gasteiger partial charge in [0.25, 0.3) is 0 Å². The van der Waals surface area contributed by atoms with E-state index >= 15 is 0 Å². The van der Waals surface area contributed by atoms with Crippen molar-refractivity contribution in [2.75, 3.05) is 0 Å². The Morgan fingerprint density at radius 2 is 2.08 bits per heavy atom. The highest BCUT2D eigenvalue weighted by atomic mass is 16.6. The Labute approximate surface area is 75.8 Å². The first-order chi connectivity index (χ1) is 6.08. The summed E-state index contributed by atoms with van der Waals surface area (Å²) in [5.74, 6) is -0.222.